The lowest BCUT2D eigenvalue weighted by molar-refractivity contribution is 0.281. The van der Waals surface area contributed by atoms with Crippen LogP contribution >= 0.6 is 0 Å². The highest BCUT2D eigenvalue weighted by Crippen LogP contribution is 2.27. The molecule has 0 aliphatic heterocycles. The van der Waals surface area contributed by atoms with Gasteiger partial charge in [-0.15, -0.1) is 0 Å². The zero-order valence-electron chi connectivity index (χ0n) is 11.6. The number of aliphatic hydroxyl groups excluding tert-OH is 1. The monoisotopic (exact) mass is 284 g/mol. The summed E-state index contributed by atoms with van der Waals surface area (Å²) < 4.78 is 13.7. The molecule has 0 radical (unpaired) electrons. The molecule has 0 aliphatic rings. The van der Waals surface area contributed by atoms with Crippen LogP contribution in [0.2, 0.25) is 0 Å². The lowest BCUT2D eigenvalue weighted by Gasteiger charge is -2.21. The number of anilines is 1. The van der Waals surface area contributed by atoms with E-state index in [9.17, 15) is 4.39 Å². The minimum Gasteiger partial charge on any atom is -0.396 e. The average Bonchev–Trinajstić information content (AvgIpc) is 2.52. The minimum atomic E-state index is -0.531. The summed E-state index contributed by atoms with van der Waals surface area (Å²) in [7, 11) is 0. The van der Waals surface area contributed by atoms with Gasteiger partial charge in [0.25, 0.3) is 0 Å². The summed E-state index contributed by atoms with van der Waals surface area (Å²) in [6, 6.07) is 16.1. The van der Waals surface area contributed by atoms with Gasteiger partial charge in [-0.3, -0.25) is 0 Å². The molecule has 3 nitrogen and oxygen atoms in total. The summed E-state index contributed by atoms with van der Waals surface area (Å²) >= 11 is 0. The molecule has 2 aromatic carbocycles. The molecule has 0 fully saturated rings. The second-order valence-electron chi connectivity index (χ2n) is 4.75. The Hall–Kier alpha value is -2.38. The van der Waals surface area contributed by atoms with Crippen molar-refractivity contribution in [3.8, 4) is 6.07 Å². The van der Waals surface area contributed by atoms with Gasteiger partial charge in [-0.05, 0) is 30.5 Å². The molecule has 2 aromatic rings. The first-order valence-corrected chi connectivity index (χ1v) is 6.87. The van der Waals surface area contributed by atoms with Crippen LogP contribution in [0.1, 0.15) is 30.0 Å². The fraction of sp³-hybridized carbons (Fsp3) is 0.235. The number of halogens is 1. The summed E-state index contributed by atoms with van der Waals surface area (Å²) in [4.78, 5) is 0. The molecular weight excluding hydrogens is 267 g/mol. The largest absolute Gasteiger partial charge is 0.396 e. The van der Waals surface area contributed by atoms with Crippen LogP contribution in [0.25, 0.3) is 0 Å². The minimum absolute atomic E-state index is 0.0161. The van der Waals surface area contributed by atoms with E-state index in [2.05, 4.69) is 5.32 Å². The Labute approximate surface area is 123 Å². The predicted octanol–water partition coefficient (Wildman–Crippen LogP) is 3.62. The van der Waals surface area contributed by atoms with E-state index in [0.717, 1.165) is 5.56 Å². The van der Waals surface area contributed by atoms with Crippen molar-refractivity contribution in [2.24, 2.45) is 0 Å². The normalized spacial score (nSPS) is 11.7. The van der Waals surface area contributed by atoms with Crippen molar-refractivity contribution in [1.29, 1.82) is 5.26 Å². The first-order valence-electron chi connectivity index (χ1n) is 6.87. The SMILES string of the molecule is N#Cc1c(F)cccc1NC(CCCO)c1ccccc1. The Bertz CT molecular complexity index is 622. The molecule has 0 saturated carbocycles. The van der Waals surface area contributed by atoms with Crippen molar-refractivity contribution >= 4 is 5.69 Å². The number of nitriles is 1. The van der Waals surface area contributed by atoms with E-state index in [1.165, 1.54) is 6.07 Å². The van der Waals surface area contributed by atoms with E-state index in [-0.39, 0.29) is 18.2 Å². The second kappa shape index (κ2) is 7.41. The van der Waals surface area contributed by atoms with Crippen LogP contribution in [0.3, 0.4) is 0 Å². The zero-order valence-corrected chi connectivity index (χ0v) is 11.6. The van der Waals surface area contributed by atoms with Gasteiger partial charge in [0.1, 0.15) is 17.4 Å². The Balaban J connectivity index is 2.28. The topological polar surface area (TPSA) is 56.0 Å². The van der Waals surface area contributed by atoms with E-state index >= 15 is 0 Å². The Morgan fingerprint density at radius 3 is 2.57 bits per heavy atom. The van der Waals surface area contributed by atoms with Gasteiger partial charge in [0.15, 0.2) is 0 Å². The van der Waals surface area contributed by atoms with Gasteiger partial charge in [-0.1, -0.05) is 36.4 Å². The fourth-order valence-corrected chi connectivity index (χ4v) is 2.25. The highest BCUT2D eigenvalue weighted by atomic mass is 19.1. The van der Waals surface area contributed by atoms with Gasteiger partial charge in [-0.2, -0.15) is 5.26 Å². The maximum atomic E-state index is 13.7. The number of aliphatic hydroxyl groups is 1. The number of hydrogen-bond donors (Lipinski definition) is 2. The molecule has 21 heavy (non-hydrogen) atoms. The van der Waals surface area contributed by atoms with Crippen molar-refractivity contribution in [2.75, 3.05) is 11.9 Å². The first kappa shape index (κ1) is 15.0. The van der Waals surface area contributed by atoms with Gasteiger partial charge < -0.3 is 10.4 Å². The Morgan fingerprint density at radius 2 is 1.90 bits per heavy atom. The summed E-state index contributed by atoms with van der Waals surface area (Å²) in [5.41, 5.74) is 1.53. The molecule has 0 saturated heterocycles. The van der Waals surface area contributed by atoms with Crippen LogP contribution < -0.4 is 5.32 Å². The zero-order chi connectivity index (χ0) is 15.1. The third-order valence-corrected chi connectivity index (χ3v) is 3.31. The number of nitrogens with one attached hydrogen (secondary N) is 1. The maximum absolute atomic E-state index is 13.7. The smallest absolute Gasteiger partial charge is 0.143 e. The van der Waals surface area contributed by atoms with Crippen LogP contribution in [0, 0.1) is 17.1 Å². The van der Waals surface area contributed by atoms with Crippen molar-refractivity contribution in [3.05, 3.63) is 65.5 Å². The van der Waals surface area contributed by atoms with E-state index in [1.807, 2.05) is 36.4 Å². The number of nitrogens with zero attached hydrogens (tertiary/aromatic N) is 1. The van der Waals surface area contributed by atoms with Crippen LogP contribution in [-0.4, -0.2) is 11.7 Å². The van der Waals surface area contributed by atoms with Crippen molar-refractivity contribution < 1.29 is 9.50 Å². The molecular formula is C17H17FN2O. The van der Waals surface area contributed by atoms with Crippen LogP contribution in [-0.2, 0) is 0 Å². The Kier molecular flexibility index (Phi) is 5.30. The summed E-state index contributed by atoms with van der Waals surface area (Å²) in [5, 5.41) is 21.3. The highest BCUT2D eigenvalue weighted by Gasteiger charge is 2.14. The molecule has 0 bridgehead atoms. The highest BCUT2D eigenvalue weighted by molar-refractivity contribution is 5.59. The third kappa shape index (κ3) is 3.80. The molecule has 108 valence electrons. The molecule has 0 aliphatic carbocycles. The van der Waals surface area contributed by atoms with Gasteiger partial charge >= 0.3 is 0 Å². The third-order valence-electron chi connectivity index (χ3n) is 3.31. The van der Waals surface area contributed by atoms with Crippen molar-refractivity contribution in [3.63, 3.8) is 0 Å². The quantitative estimate of drug-likeness (QED) is 0.851. The van der Waals surface area contributed by atoms with Crippen LogP contribution in [0.5, 0.6) is 0 Å². The van der Waals surface area contributed by atoms with E-state index in [0.29, 0.717) is 18.5 Å². The summed E-state index contributed by atoms with van der Waals surface area (Å²) in [5.74, 6) is -0.531. The lowest BCUT2D eigenvalue weighted by Crippen LogP contribution is -2.12. The Morgan fingerprint density at radius 1 is 1.14 bits per heavy atom. The standard InChI is InChI=1S/C17H17FN2O/c18-15-8-4-9-17(14(15)12-19)20-16(10-5-11-21)13-6-2-1-3-7-13/h1-4,6-9,16,20-21H,5,10-11H2. The predicted molar refractivity (Wildman–Crippen MR) is 80.2 cm³/mol. The number of rotatable bonds is 6. The van der Waals surface area contributed by atoms with Gasteiger partial charge in [0, 0.05) is 6.61 Å². The van der Waals surface area contributed by atoms with Crippen LogP contribution in [0.4, 0.5) is 10.1 Å². The molecule has 0 amide bonds. The molecule has 4 heteroatoms. The molecule has 1 unspecified atom stereocenters. The van der Waals surface area contributed by atoms with E-state index in [1.54, 1.807) is 12.1 Å². The lowest BCUT2D eigenvalue weighted by atomic mass is 10.0. The molecule has 0 aromatic heterocycles. The van der Waals surface area contributed by atoms with Gasteiger partial charge in [0.05, 0.1) is 11.7 Å². The second-order valence-corrected chi connectivity index (χ2v) is 4.75. The molecule has 1 atom stereocenters. The number of benzene rings is 2. The molecule has 2 rings (SSSR count). The number of hydrogen-bond acceptors (Lipinski definition) is 3. The molecule has 2 N–H and O–H groups in total. The first-order chi connectivity index (χ1) is 10.3. The summed E-state index contributed by atoms with van der Waals surface area (Å²) in [6.45, 7) is 0.0965. The fourth-order valence-electron chi connectivity index (χ4n) is 2.25. The van der Waals surface area contributed by atoms with Gasteiger partial charge in [-0.25, -0.2) is 4.39 Å². The van der Waals surface area contributed by atoms with Crippen molar-refractivity contribution in [1.82, 2.24) is 0 Å². The summed E-state index contributed by atoms with van der Waals surface area (Å²) in [6.07, 6.45) is 1.33. The molecule has 0 spiro atoms. The van der Waals surface area contributed by atoms with Crippen LogP contribution in [0.15, 0.2) is 48.5 Å². The van der Waals surface area contributed by atoms with Crippen molar-refractivity contribution in [2.45, 2.75) is 18.9 Å². The van der Waals surface area contributed by atoms with E-state index in [4.69, 9.17) is 10.4 Å². The van der Waals surface area contributed by atoms with Gasteiger partial charge in [0.2, 0.25) is 0 Å². The van der Waals surface area contributed by atoms with E-state index < -0.39 is 5.82 Å². The molecule has 0 heterocycles. The maximum Gasteiger partial charge on any atom is 0.143 e. The average molecular weight is 284 g/mol.